The third-order valence-corrected chi connectivity index (χ3v) is 3.33. The van der Waals surface area contributed by atoms with Crippen LogP contribution in [-0.2, 0) is 9.59 Å². The molecule has 5 nitrogen and oxygen atoms in total. The van der Waals surface area contributed by atoms with E-state index in [2.05, 4.69) is 5.32 Å². The van der Waals surface area contributed by atoms with Gasteiger partial charge >= 0.3 is 0 Å². The third-order valence-electron chi connectivity index (χ3n) is 3.33. The second-order valence-corrected chi connectivity index (χ2v) is 4.84. The Kier molecular flexibility index (Phi) is 3.85. The first-order chi connectivity index (χ1) is 9.04. The molecule has 102 valence electrons. The second-order valence-electron chi connectivity index (χ2n) is 4.84. The molecular weight excluding hydrogens is 242 g/mol. The molecule has 5 heteroatoms. The zero-order valence-electron chi connectivity index (χ0n) is 11.5. The zero-order chi connectivity index (χ0) is 14.0. The zero-order valence-corrected chi connectivity index (χ0v) is 11.5. The number of rotatable bonds is 3. The molecule has 1 aromatic rings. The first-order valence-corrected chi connectivity index (χ1v) is 6.33. The molecule has 2 rings (SSSR count). The molecule has 1 atom stereocenters. The Morgan fingerprint density at radius 2 is 2.00 bits per heavy atom. The quantitative estimate of drug-likeness (QED) is 0.868. The van der Waals surface area contributed by atoms with Crippen molar-refractivity contribution in [2.75, 3.05) is 37.0 Å². The van der Waals surface area contributed by atoms with E-state index in [1.807, 2.05) is 36.2 Å². The molecule has 1 aromatic carbocycles. The molecule has 1 N–H and O–H groups in total. The van der Waals surface area contributed by atoms with Gasteiger partial charge in [-0.05, 0) is 26.1 Å². The van der Waals surface area contributed by atoms with Crippen LogP contribution in [0.4, 0.5) is 11.4 Å². The summed E-state index contributed by atoms with van der Waals surface area (Å²) < 4.78 is 0. The van der Waals surface area contributed by atoms with E-state index >= 15 is 0 Å². The predicted molar refractivity (Wildman–Crippen MR) is 75.6 cm³/mol. The van der Waals surface area contributed by atoms with Crippen molar-refractivity contribution in [1.82, 2.24) is 5.32 Å². The summed E-state index contributed by atoms with van der Waals surface area (Å²) in [5, 5.41) is 3.02. The van der Waals surface area contributed by atoms with Gasteiger partial charge in [0.2, 0.25) is 5.91 Å². The molecule has 0 radical (unpaired) electrons. The van der Waals surface area contributed by atoms with Crippen molar-refractivity contribution >= 4 is 23.1 Å². The fourth-order valence-electron chi connectivity index (χ4n) is 2.37. The summed E-state index contributed by atoms with van der Waals surface area (Å²) in [5.74, 6) is -0.0861. The molecule has 19 heavy (non-hydrogen) atoms. The van der Waals surface area contributed by atoms with Gasteiger partial charge in [0.05, 0.1) is 17.9 Å². The number of anilines is 2. The van der Waals surface area contributed by atoms with Crippen molar-refractivity contribution in [1.29, 1.82) is 0 Å². The topological polar surface area (TPSA) is 52.6 Å². The van der Waals surface area contributed by atoms with Gasteiger partial charge in [-0.1, -0.05) is 12.1 Å². The second kappa shape index (κ2) is 5.40. The fraction of sp³-hybridized carbons (Fsp3) is 0.429. The first-order valence-electron chi connectivity index (χ1n) is 6.33. The lowest BCUT2D eigenvalue weighted by Gasteiger charge is -2.23. The summed E-state index contributed by atoms with van der Waals surface area (Å²) in [5.41, 5.74) is 1.76. The number of hydrogen-bond donors (Lipinski definition) is 1. The van der Waals surface area contributed by atoms with E-state index < -0.39 is 0 Å². The molecule has 1 heterocycles. The number of para-hydroxylation sites is 2. The van der Waals surface area contributed by atoms with Gasteiger partial charge in [0.1, 0.15) is 11.8 Å². The third kappa shape index (κ3) is 2.61. The highest BCUT2D eigenvalue weighted by molar-refractivity contribution is 6.05. The van der Waals surface area contributed by atoms with E-state index in [0.717, 1.165) is 11.4 Å². The number of ketones is 1. The van der Waals surface area contributed by atoms with E-state index in [1.54, 1.807) is 11.9 Å². The smallest absolute Gasteiger partial charge is 0.246 e. The van der Waals surface area contributed by atoms with Crippen molar-refractivity contribution in [3.05, 3.63) is 24.3 Å². The van der Waals surface area contributed by atoms with Gasteiger partial charge in [0, 0.05) is 13.6 Å². The van der Waals surface area contributed by atoms with Gasteiger partial charge in [0.15, 0.2) is 0 Å². The van der Waals surface area contributed by atoms with Gasteiger partial charge in [0.25, 0.3) is 0 Å². The lowest BCUT2D eigenvalue weighted by Crippen LogP contribution is -2.49. The summed E-state index contributed by atoms with van der Waals surface area (Å²) in [7, 11) is 3.71. The molecule has 1 aliphatic rings. The van der Waals surface area contributed by atoms with E-state index in [-0.39, 0.29) is 24.3 Å². The number of likely N-dealkylation sites (N-methyl/N-ethyl adjacent to an activating group) is 2. The van der Waals surface area contributed by atoms with Gasteiger partial charge in [-0.25, -0.2) is 0 Å². The lowest BCUT2D eigenvalue weighted by atomic mass is 10.2. The molecular formula is C14H19N3O2. The van der Waals surface area contributed by atoms with E-state index in [0.29, 0.717) is 6.54 Å². The minimum atomic E-state index is -0.309. The molecule has 0 saturated heterocycles. The molecule has 0 aliphatic carbocycles. The number of fused-ring (bicyclic) bond motifs is 1. The number of nitrogens with one attached hydrogen (secondary N) is 1. The van der Waals surface area contributed by atoms with Crippen LogP contribution < -0.4 is 15.1 Å². The highest BCUT2D eigenvalue weighted by Gasteiger charge is 2.31. The molecule has 1 aliphatic heterocycles. The highest BCUT2D eigenvalue weighted by atomic mass is 16.2. The highest BCUT2D eigenvalue weighted by Crippen LogP contribution is 2.31. The van der Waals surface area contributed by atoms with Crippen molar-refractivity contribution in [3.63, 3.8) is 0 Å². The number of carbonyl (C=O) groups excluding carboxylic acids is 2. The van der Waals surface area contributed by atoms with Crippen LogP contribution in [0.1, 0.15) is 6.92 Å². The first kappa shape index (κ1) is 13.5. The van der Waals surface area contributed by atoms with Gasteiger partial charge in [-0.15, -0.1) is 0 Å². The Morgan fingerprint density at radius 1 is 1.37 bits per heavy atom. The molecule has 0 fully saturated rings. The van der Waals surface area contributed by atoms with E-state index in [9.17, 15) is 9.59 Å². The molecule has 0 unspecified atom stereocenters. The largest absolute Gasteiger partial charge is 0.371 e. The Morgan fingerprint density at radius 3 is 2.58 bits per heavy atom. The van der Waals surface area contributed by atoms with Crippen molar-refractivity contribution < 1.29 is 9.59 Å². The number of benzene rings is 1. The Balaban J connectivity index is 2.49. The molecule has 0 saturated carbocycles. The maximum absolute atomic E-state index is 12.5. The maximum Gasteiger partial charge on any atom is 0.246 e. The van der Waals surface area contributed by atoms with Crippen molar-refractivity contribution in [2.45, 2.75) is 13.0 Å². The van der Waals surface area contributed by atoms with E-state index in [1.165, 1.54) is 6.92 Å². The van der Waals surface area contributed by atoms with Gasteiger partial charge in [-0.3, -0.25) is 9.59 Å². The van der Waals surface area contributed by atoms with Crippen LogP contribution in [0.3, 0.4) is 0 Å². The standard InChI is InChI=1S/C14H19N3O2/c1-10(18)8-17-13-7-5-4-6-12(13)16(3)9-11(15-2)14(17)19/h4-7,11,15H,8-9H2,1-3H3/t11-/m0/s1. The summed E-state index contributed by atoms with van der Waals surface area (Å²) in [6, 6.07) is 7.35. The normalized spacial score (nSPS) is 19.1. The van der Waals surface area contributed by atoms with Crippen LogP contribution in [0.2, 0.25) is 0 Å². The molecule has 0 aromatic heterocycles. The Labute approximate surface area is 113 Å². The van der Waals surface area contributed by atoms with Crippen LogP contribution in [0, 0.1) is 0 Å². The number of hydrogen-bond acceptors (Lipinski definition) is 4. The average Bonchev–Trinajstić information content (AvgIpc) is 2.49. The van der Waals surface area contributed by atoms with Gasteiger partial charge < -0.3 is 15.1 Å². The maximum atomic E-state index is 12.5. The Bertz CT molecular complexity index is 501. The predicted octanol–water partition coefficient (Wildman–Crippen LogP) is 0.646. The number of nitrogens with zero attached hydrogens (tertiary/aromatic N) is 2. The SMILES string of the molecule is CN[C@H]1CN(C)c2ccccc2N(CC(C)=O)C1=O. The molecule has 0 bridgehead atoms. The average molecular weight is 261 g/mol. The monoisotopic (exact) mass is 261 g/mol. The Hall–Kier alpha value is -1.88. The van der Waals surface area contributed by atoms with Crippen LogP contribution in [0.5, 0.6) is 0 Å². The lowest BCUT2D eigenvalue weighted by molar-refractivity contribution is -0.123. The molecule has 1 amide bonds. The van der Waals surface area contributed by atoms with Crippen molar-refractivity contribution in [2.24, 2.45) is 0 Å². The summed E-state index contributed by atoms with van der Waals surface area (Å²) in [4.78, 5) is 27.5. The molecule has 0 spiro atoms. The van der Waals surface area contributed by atoms with Crippen LogP contribution in [0.15, 0.2) is 24.3 Å². The fourth-order valence-corrected chi connectivity index (χ4v) is 2.37. The van der Waals surface area contributed by atoms with Crippen molar-refractivity contribution in [3.8, 4) is 0 Å². The number of amides is 1. The number of Topliss-reactive ketones (excluding diaryl/α,β-unsaturated/α-hetero) is 1. The van der Waals surface area contributed by atoms with Crippen LogP contribution >= 0.6 is 0 Å². The van der Waals surface area contributed by atoms with Gasteiger partial charge in [-0.2, -0.15) is 0 Å². The minimum Gasteiger partial charge on any atom is -0.371 e. The number of carbonyl (C=O) groups is 2. The minimum absolute atomic E-state index is 0.0254. The summed E-state index contributed by atoms with van der Waals surface area (Å²) in [6.07, 6.45) is 0. The van der Waals surface area contributed by atoms with Crippen LogP contribution in [-0.4, -0.2) is 44.9 Å². The summed E-state index contributed by atoms with van der Waals surface area (Å²) >= 11 is 0. The van der Waals surface area contributed by atoms with E-state index in [4.69, 9.17) is 0 Å². The van der Waals surface area contributed by atoms with Crippen LogP contribution in [0.25, 0.3) is 0 Å². The summed E-state index contributed by atoms with van der Waals surface area (Å²) in [6.45, 7) is 2.20.